The molecule has 2 rings (SSSR count). The zero-order valence-corrected chi connectivity index (χ0v) is 20.0. The van der Waals surface area contributed by atoms with E-state index < -0.39 is 0 Å². The second-order valence-electron chi connectivity index (χ2n) is 6.50. The quantitative estimate of drug-likeness (QED) is 0.249. The summed E-state index contributed by atoms with van der Waals surface area (Å²) < 4.78 is 24.0. The molecule has 0 saturated carbocycles. The fourth-order valence-electron chi connectivity index (χ4n) is 2.85. The van der Waals surface area contributed by atoms with Crippen LogP contribution in [0.25, 0.3) is 0 Å². The summed E-state index contributed by atoms with van der Waals surface area (Å²) in [5.41, 5.74) is 3.03. The standard InChI is InChI=1S/C22H30FN3O3.HI/c1-4-24-22(25-10-9-18-6-7-19(23)13-16(18)2)26-15-17-5-8-20(29-12-11-27)21(14-17)28-3;/h5-8,13-14,27H,4,9-12,15H2,1-3H3,(H2,24,25,26);1H. The maximum atomic E-state index is 13.2. The first-order valence-electron chi connectivity index (χ1n) is 9.75. The molecule has 0 heterocycles. The predicted octanol–water partition coefficient (Wildman–Crippen LogP) is 3.43. The largest absolute Gasteiger partial charge is 0.493 e. The maximum absolute atomic E-state index is 13.2. The number of hydrogen-bond acceptors (Lipinski definition) is 4. The van der Waals surface area contributed by atoms with Gasteiger partial charge in [-0.05, 0) is 61.2 Å². The first-order valence-corrected chi connectivity index (χ1v) is 9.75. The van der Waals surface area contributed by atoms with Crippen molar-refractivity contribution in [3.05, 3.63) is 58.9 Å². The van der Waals surface area contributed by atoms with Crippen molar-refractivity contribution < 1.29 is 19.0 Å². The molecule has 0 atom stereocenters. The third-order valence-electron chi connectivity index (χ3n) is 4.33. The molecule has 8 heteroatoms. The molecule has 0 amide bonds. The lowest BCUT2D eigenvalue weighted by Gasteiger charge is -2.13. The van der Waals surface area contributed by atoms with Gasteiger partial charge in [-0.15, -0.1) is 24.0 Å². The smallest absolute Gasteiger partial charge is 0.191 e. The van der Waals surface area contributed by atoms with Crippen LogP contribution in [0.1, 0.15) is 23.6 Å². The Bertz CT molecular complexity index is 818. The Labute approximate surface area is 194 Å². The van der Waals surface area contributed by atoms with E-state index >= 15 is 0 Å². The van der Waals surface area contributed by atoms with Crippen molar-refractivity contribution in [3.63, 3.8) is 0 Å². The number of guanidine groups is 1. The molecule has 2 aromatic rings. The van der Waals surface area contributed by atoms with Gasteiger partial charge in [-0.1, -0.05) is 12.1 Å². The first-order chi connectivity index (χ1) is 14.1. The van der Waals surface area contributed by atoms with Crippen LogP contribution in [0.3, 0.4) is 0 Å². The number of halogens is 2. The Morgan fingerprint density at radius 1 is 1.13 bits per heavy atom. The van der Waals surface area contributed by atoms with E-state index in [0.29, 0.717) is 30.5 Å². The summed E-state index contributed by atoms with van der Waals surface area (Å²) in [5, 5.41) is 15.4. The number of benzene rings is 2. The second kappa shape index (κ2) is 14.0. The predicted molar refractivity (Wildman–Crippen MR) is 129 cm³/mol. The van der Waals surface area contributed by atoms with E-state index in [1.807, 2.05) is 38.1 Å². The monoisotopic (exact) mass is 531 g/mol. The zero-order chi connectivity index (χ0) is 21.1. The molecule has 3 N–H and O–H groups in total. The van der Waals surface area contributed by atoms with E-state index in [1.54, 1.807) is 13.2 Å². The van der Waals surface area contributed by atoms with Crippen molar-refractivity contribution >= 4 is 29.9 Å². The Morgan fingerprint density at radius 3 is 2.60 bits per heavy atom. The van der Waals surface area contributed by atoms with E-state index in [9.17, 15) is 4.39 Å². The maximum Gasteiger partial charge on any atom is 0.191 e. The molecule has 30 heavy (non-hydrogen) atoms. The van der Waals surface area contributed by atoms with E-state index in [4.69, 9.17) is 14.6 Å². The summed E-state index contributed by atoms with van der Waals surface area (Å²) in [7, 11) is 1.58. The van der Waals surface area contributed by atoms with Gasteiger partial charge in [-0.2, -0.15) is 0 Å². The van der Waals surface area contributed by atoms with Gasteiger partial charge >= 0.3 is 0 Å². The number of nitrogens with zero attached hydrogens (tertiary/aromatic N) is 1. The molecule has 0 aromatic heterocycles. The van der Waals surface area contributed by atoms with Gasteiger partial charge in [0.2, 0.25) is 0 Å². The highest BCUT2D eigenvalue weighted by Crippen LogP contribution is 2.28. The lowest BCUT2D eigenvalue weighted by molar-refractivity contribution is 0.196. The zero-order valence-electron chi connectivity index (χ0n) is 17.7. The van der Waals surface area contributed by atoms with E-state index in [1.165, 1.54) is 6.07 Å². The molecular formula is C22H31FIN3O3. The van der Waals surface area contributed by atoms with E-state index in [-0.39, 0.29) is 43.0 Å². The summed E-state index contributed by atoms with van der Waals surface area (Å²) in [5.74, 6) is 1.70. The molecule has 166 valence electrons. The summed E-state index contributed by atoms with van der Waals surface area (Å²) in [4.78, 5) is 4.62. The summed E-state index contributed by atoms with van der Waals surface area (Å²) in [6.07, 6.45) is 0.779. The number of ether oxygens (including phenoxy) is 2. The summed E-state index contributed by atoms with van der Waals surface area (Å²) in [6, 6.07) is 10.5. The molecule has 0 radical (unpaired) electrons. The second-order valence-corrected chi connectivity index (χ2v) is 6.50. The number of hydrogen-bond donors (Lipinski definition) is 3. The van der Waals surface area contributed by atoms with Crippen LogP contribution in [0.15, 0.2) is 41.4 Å². The minimum absolute atomic E-state index is 0. The van der Waals surface area contributed by atoms with Gasteiger partial charge in [0.05, 0.1) is 20.3 Å². The number of aliphatic imine (C=N–C) groups is 1. The average Bonchev–Trinajstić information content (AvgIpc) is 2.72. The van der Waals surface area contributed by atoms with Crippen molar-refractivity contribution in [1.82, 2.24) is 10.6 Å². The molecule has 0 saturated heterocycles. The number of rotatable bonds is 10. The third-order valence-corrected chi connectivity index (χ3v) is 4.33. The van der Waals surface area contributed by atoms with Crippen LogP contribution >= 0.6 is 24.0 Å². The van der Waals surface area contributed by atoms with Gasteiger partial charge in [0.15, 0.2) is 17.5 Å². The van der Waals surface area contributed by atoms with Gasteiger partial charge in [0.1, 0.15) is 12.4 Å². The third kappa shape index (κ3) is 8.35. The van der Waals surface area contributed by atoms with Crippen molar-refractivity contribution in [2.75, 3.05) is 33.4 Å². The normalized spacial score (nSPS) is 10.9. The highest BCUT2D eigenvalue weighted by Gasteiger charge is 2.06. The van der Waals surface area contributed by atoms with Crippen LogP contribution in [0, 0.1) is 12.7 Å². The van der Waals surface area contributed by atoms with Crippen molar-refractivity contribution in [3.8, 4) is 11.5 Å². The van der Waals surface area contributed by atoms with Gasteiger partial charge in [-0.3, -0.25) is 0 Å². The number of aliphatic hydroxyl groups excluding tert-OH is 1. The van der Waals surface area contributed by atoms with Gasteiger partial charge < -0.3 is 25.2 Å². The summed E-state index contributed by atoms with van der Waals surface area (Å²) >= 11 is 0. The molecule has 2 aromatic carbocycles. The number of methoxy groups -OCH3 is 1. The Kier molecular flexibility index (Phi) is 12.1. The molecule has 6 nitrogen and oxygen atoms in total. The SMILES string of the molecule is CCNC(=NCc1ccc(OCCO)c(OC)c1)NCCc1ccc(F)cc1C.I. The molecular weight excluding hydrogens is 500 g/mol. The molecule has 0 fully saturated rings. The number of aliphatic hydroxyl groups is 1. The van der Waals surface area contributed by atoms with Crippen LogP contribution in [0.4, 0.5) is 4.39 Å². The van der Waals surface area contributed by atoms with Gasteiger partial charge in [0.25, 0.3) is 0 Å². The van der Waals surface area contributed by atoms with Crippen LogP contribution < -0.4 is 20.1 Å². The molecule has 0 aliphatic rings. The highest BCUT2D eigenvalue weighted by molar-refractivity contribution is 14.0. The van der Waals surface area contributed by atoms with E-state index in [2.05, 4.69) is 15.6 Å². The fraction of sp³-hybridized carbons (Fsp3) is 0.409. The number of nitrogens with one attached hydrogen (secondary N) is 2. The molecule has 0 unspecified atom stereocenters. The molecule has 0 bridgehead atoms. The minimum Gasteiger partial charge on any atom is -0.493 e. The van der Waals surface area contributed by atoms with Crippen LogP contribution in [0.2, 0.25) is 0 Å². The van der Waals surface area contributed by atoms with E-state index in [0.717, 1.165) is 29.7 Å². The topological polar surface area (TPSA) is 75.1 Å². The van der Waals surface area contributed by atoms with Crippen molar-refractivity contribution in [2.24, 2.45) is 4.99 Å². The average molecular weight is 531 g/mol. The minimum atomic E-state index is -0.211. The Hall–Kier alpha value is -2.07. The van der Waals surface area contributed by atoms with Crippen LogP contribution in [0.5, 0.6) is 11.5 Å². The van der Waals surface area contributed by atoms with Crippen molar-refractivity contribution in [1.29, 1.82) is 0 Å². The first kappa shape index (κ1) is 26.0. The number of aryl methyl sites for hydroxylation is 1. The lowest BCUT2D eigenvalue weighted by Crippen LogP contribution is -2.38. The van der Waals surface area contributed by atoms with Crippen LogP contribution in [-0.4, -0.2) is 44.5 Å². The van der Waals surface area contributed by atoms with Crippen LogP contribution in [-0.2, 0) is 13.0 Å². The Balaban J connectivity index is 0.00000450. The fourth-order valence-corrected chi connectivity index (χ4v) is 2.85. The summed E-state index contributed by atoms with van der Waals surface area (Å²) in [6.45, 7) is 6.01. The Morgan fingerprint density at radius 2 is 1.93 bits per heavy atom. The van der Waals surface area contributed by atoms with Gasteiger partial charge in [-0.25, -0.2) is 9.38 Å². The molecule has 0 aliphatic carbocycles. The van der Waals surface area contributed by atoms with Gasteiger partial charge in [0, 0.05) is 13.1 Å². The molecule has 0 aliphatic heterocycles. The lowest BCUT2D eigenvalue weighted by atomic mass is 10.1. The molecule has 0 spiro atoms. The highest BCUT2D eigenvalue weighted by atomic mass is 127. The van der Waals surface area contributed by atoms with Crippen molar-refractivity contribution in [2.45, 2.75) is 26.8 Å².